The fourth-order valence-corrected chi connectivity index (χ4v) is 2.70. The summed E-state index contributed by atoms with van der Waals surface area (Å²) >= 11 is 0. The lowest BCUT2D eigenvalue weighted by atomic mass is 10.2. The van der Waals surface area contributed by atoms with E-state index in [9.17, 15) is 4.79 Å². The average Bonchev–Trinajstić information content (AvgIpc) is 3.15. The highest BCUT2D eigenvalue weighted by atomic mass is 16.5. The van der Waals surface area contributed by atoms with E-state index >= 15 is 0 Å². The molecule has 0 bridgehead atoms. The van der Waals surface area contributed by atoms with Gasteiger partial charge in [0.05, 0.1) is 12.7 Å². The summed E-state index contributed by atoms with van der Waals surface area (Å²) in [6, 6.07) is 14.5. The second-order valence-electron chi connectivity index (χ2n) is 5.89. The van der Waals surface area contributed by atoms with Crippen LogP contribution in [0.1, 0.15) is 30.1 Å². The molecule has 1 aliphatic rings. The van der Waals surface area contributed by atoms with Crippen molar-refractivity contribution in [2.24, 2.45) is 0 Å². The van der Waals surface area contributed by atoms with Crippen LogP contribution < -0.4 is 14.8 Å². The number of carbonyl (C=O) groups is 1. The van der Waals surface area contributed by atoms with E-state index in [-0.39, 0.29) is 12.0 Å². The Hall–Kier alpha value is -2.53. The SMILES string of the molecule is CCOc1cccc(C(=O)Nc2ccc(OC[C@@H]3CCCO3)cc2)c1. The zero-order chi connectivity index (χ0) is 17.5. The Morgan fingerprint density at radius 3 is 2.72 bits per heavy atom. The Labute approximate surface area is 147 Å². The van der Waals surface area contributed by atoms with E-state index in [2.05, 4.69) is 5.32 Å². The van der Waals surface area contributed by atoms with Gasteiger partial charge in [0.1, 0.15) is 18.1 Å². The molecule has 0 aromatic heterocycles. The number of hydrogen-bond acceptors (Lipinski definition) is 4. The van der Waals surface area contributed by atoms with Gasteiger partial charge in [-0.05, 0) is 62.2 Å². The lowest BCUT2D eigenvalue weighted by Gasteiger charge is -2.12. The third-order valence-corrected chi connectivity index (χ3v) is 3.98. The molecular weight excluding hydrogens is 318 g/mol. The maximum absolute atomic E-state index is 12.3. The van der Waals surface area contributed by atoms with Gasteiger partial charge in [0.2, 0.25) is 0 Å². The van der Waals surface area contributed by atoms with E-state index in [0.717, 1.165) is 30.9 Å². The quantitative estimate of drug-likeness (QED) is 0.830. The first-order valence-corrected chi connectivity index (χ1v) is 8.63. The second-order valence-corrected chi connectivity index (χ2v) is 5.89. The molecule has 5 nitrogen and oxygen atoms in total. The summed E-state index contributed by atoms with van der Waals surface area (Å²) in [6.45, 7) is 3.87. The van der Waals surface area contributed by atoms with Gasteiger partial charge in [0.15, 0.2) is 0 Å². The predicted molar refractivity (Wildman–Crippen MR) is 96.5 cm³/mol. The van der Waals surface area contributed by atoms with Crippen molar-refractivity contribution in [3.8, 4) is 11.5 Å². The van der Waals surface area contributed by atoms with E-state index in [1.165, 1.54) is 0 Å². The number of ether oxygens (including phenoxy) is 3. The number of nitrogens with one attached hydrogen (secondary N) is 1. The minimum Gasteiger partial charge on any atom is -0.494 e. The van der Waals surface area contributed by atoms with E-state index < -0.39 is 0 Å². The smallest absolute Gasteiger partial charge is 0.255 e. The second kappa shape index (κ2) is 8.53. The fourth-order valence-electron chi connectivity index (χ4n) is 2.70. The van der Waals surface area contributed by atoms with Gasteiger partial charge in [-0.15, -0.1) is 0 Å². The zero-order valence-electron chi connectivity index (χ0n) is 14.4. The molecule has 1 fully saturated rings. The minimum absolute atomic E-state index is 0.172. The third-order valence-electron chi connectivity index (χ3n) is 3.98. The van der Waals surface area contributed by atoms with Crippen molar-refractivity contribution in [2.45, 2.75) is 25.9 Å². The van der Waals surface area contributed by atoms with Crippen LogP contribution in [0, 0.1) is 0 Å². The molecule has 1 saturated heterocycles. The number of benzene rings is 2. The lowest BCUT2D eigenvalue weighted by Crippen LogP contribution is -2.16. The van der Waals surface area contributed by atoms with Gasteiger partial charge in [-0.2, -0.15) is 0 Å². The molecule has 3 rings (SSSR count). The predicted octanol–water partition coefficient (Wildman–Crippen LogP) is 3.90. The van der Waals surface area contributed by atoms with Gasteiger partial charge in [0.25, 0.3) is 5.91 Å². The van der Waals surface area contributed by atoms with Crippen LogP contribution in [-0.2, 0) is 4.74 Å². The van der Waals surface area contributed by atoms with Gasteiger partial charge in [-0.1, -0.05) is 6.07 Å². The molecule has 1 aliphatic heterocycles. The highest BCUT2D eigenvalue weighted by Gasteiger charge is 2.16. The van der Waals surface area contributed by atoms with Crippen molar-refractivity contribution in [3.05, 3.63) is 54.1 Å². The summed E-state index contributed by atoms with van der Waals surface area (Å²) in [5.41, 5.74) is 1.28. The van der Waals surface area contributed by atoms with Crippen LogP contribution in [0.4, 0.5) is 5.69 Å². The monoisotopic (exact) mass is 341 g/mol. The van der Waals surface area contributed by atoms with Crippen molar-refractivity contribution in [1.82, 2.24) is 0 Å². The van der Waals surface area contributed by atoms with Crippen LogP contribution in [0.15, 0.2) is 48.5 Å². The molecule has 25 heavy (non-hydrogen) atoms. The molecule has 2 aromatic rings. The Kier molecular flexibility index (Phi) is 5.90. The number of hydrogen-bond donors (Lipinski definition) is 1. The third kappa shape index (κ3) is 4.97. The van der Waals surface area contributed by atoms with Gasteiger partial charge < -0.3 is 19.5 Å². The van der Waals surface area contributed by atoms with E-state index in [4.69, 9.17) is 14.2 Å². The molecule has 5 heteroatoms. The standard InChI is InChI=1S/C20H23NO4/c1-2-23-18-6-3-5-15(13-18)20(22)21-16-8-10-17(11-9-16)25-14-19-7-4-12-24-19/h3,5-6,8-11,13,19H,2,4,7,12,14H2,1H3,(H,21,22)/t19-/m0/s1. The Morgan fingerprint density at radius 2 is 2.00 bits per heavy atom. The lowest BCUT2D eigenvalue weighted by molar-refractivity contribution is 0.0679. The normalized spacial score (nSPS) is 16.4. The molecule has 0 radical (unpaired) electrons. The summed E-state index contributed by atoms with van der Waals surface area (Å²) in [5, 5.41) is 2.88. The topological polar surface area (TPSA) is 56.8 Å². The molecule has 0 saturated carbocycles. The van der Waals surface area contributed by atoms with Gasteiger partial charge in [-0.3, -0.25) is 4.79 Å². The van der Waals surface area contributed by atoms with Gasteiger partial charge in [-0.25, -0.2) is 0 Å². The Morgan fingerprint density at radius 1 is 1.16 bits per heavy atom. The zero-order valence-corrected chi connectivity index (χ0v) is 14.4. The van der Waals surface area contributed by atoms with Gasteiger partial charge in [0, 0.05) is 17.9 Å². The number of rotatable bonds is 7. The average molecular weight is 341 g/mol. The van der Waals surface area contributed by atoms with Crippen LogP contribution in [0.5, 0.6) is 11.5 Å². The van der Waals surface area contributed by atoms with E-state index in [1.54, 1.807) is 12.1 Å². The highest BCUT2D eigenvalue weighted by Crippen LogP contribution is 2.20. The Bertz CT molecular complexity index is 693. The number of amides is 1. The molecular formula is C20H23NO4. The summed E-state index contributed by atoms with van der Waals surface area (Å²) in [4.78, 5) is 12.3. The highest BCUT2D eigenvalue weighted by molar-refractivity contribution is 6.04. The molecule has 0 aliphatic carbocycles. The van der Waals surface area contributed by atoms with Crippen LogP contribution in [-0.4, -0.2) is 31.8 Å². The number of carbonyl (C=O) groups excluding carboxylic acids is 1. The molecule has 132 valence electrons. The van der Waals surface area contributed by atoms with Crippen molar-refractivity contribution in [2.75, 3.05) is 25.1 Å². The maximum Gasteiger partial charge on any atom is 0.255 e. The summed E-state index contributed by atoms with van der Waals surface area (Å²) in [6.07, 6.45) is 2.34. The van der Waals surface area contributed by atoms with Crippen molar-refractivity contribution >= 4 is 11.6 Å². The van der Waals surface area contributed by atoms with Crippen LogP contribution in [0.2, 0.25) is 0 Å². The largest absolute Gasteiger partial charge is 0.494 e. The van der Waals surface area contributed by atoms with Crippen LogP contribution in [0.25, 0.3) is 0 Å². The number of anilines is 1. The first-order valence-electron chi connectivity index (χ1n) is 8.63. The first kappa shape index (κ1) is 17.3. The van der Waals surface area contributed by atoms with Gasteiger partial charge >= 0.3 is 0 Å². The summed E-state index contributed by atoms with van der Waals surface area (Å²) in [7, 11) is 0. The molecule has 1 heterocycles. The molecule has 1 N–H and O–H groups in total. The summed E-state index contributed by atoms with van der Waals surface area (Å²) in [5.74, 6) is 1.29. The molecule has 0 unspecified atom stereocenters. The minimum atomic E-state index is -0.172. The van der Waals surface area contributed by atoms with Crippen LogP contribution >= 0.6 is 0 Å². The maximum atomic E-state index is 12.3. The fraction of sp³-hybridized carbons (Fsp3) is 0.350. The summed E-state index contributed by atoms with van der Waals surface area (Å²) < 4.78 is 16.7. The van der Waals surface area contributed by atoms with E-state index in [0.29, 0.717) is 24.5 Å². The van der Waals surface area contributed by atoms with Crippen LogP contribution in [0.3, 0.4) is 0 Å². The van der Waals surface area contributed by atoms with Crippen molar-refractivity contribution in [3.63, 3.8) is 0 Å². The van der Waals surface area contributed by atoms with Crippen molar-refractivity contribution in [1.29, 1.82) is 0 Å². The van der Waals surface area contributed by atoms with E-state index in [1.807, 2.05) is 43.3 Å². The molecule has 0 spiro atoms. The first-order chi connectivity index (χ1) is 12.2. The molecule has 1 amide bonds. The Balaban J connectivity index is 1.55. The molecule has 1 atom stereocenters. The van der Waals surface area contributed by atoms with Crippen molar-refractivity contribution < 1.29 is 19.0 Å². The molecule has 2 aromatic carbocycles.